The number of aromatic nitrogens is 4. The second-order valence-electron chi connectivity index (χ2n) is 16.2. The SMILES string of the molecule is Cc1ncsc1-c1ccc(C(C)NC(=O)[C@@H]2C[C@@H](O)CN2C(=O)C(NC(=O)C#Cc2ccc(C3=N[C@@H](C)c4nnc(C)n4-c4sc(C)c(C)c43)cc2)C(C)(C)C)cc1. The molecule has 5 heterocycles. The van der Waals surface area contributed by atoms with Crippen LogP contribution >= 0.6 is 22.7 Å². The van der Waals surface area contributed by atoms with E-state index >= 15 is 0 Å². The van der Waals surface area contributed by atoms with E-state index in [0.29, 0.717) is 5.56 Å². The molecule has 0 aliphatic carbocycles. The van der Waals surface area contributed by atoms with Gasteiger partial charge in [0, 0.05) is 40.5 Å². The van der Waals surface area contributed by atoms with Crippen LogP contribution in [0.5, 0.6) is 0 Å². The molecule has 2 aliphatic rings. The predicted molar refractivity (Wildman–Crippen MR) is 227 cm³/mol. The number of rotatable bonds is 7. The lowest BCUT2D eigenvalue weighted by Crippen LogP contribution is -2.57. The van der Waals surface area contributed by atoms with Gasteiger partial charge in [0.05, 0.1) is 33.9 Å². The Labute approximate surface area is 346 Å². The van der Waals surface area contributed by atoms with Crippen LogP contribution in [0.3, 0.4) is 0 Å². The molecule has 0 bridgehead atoms. The number of nitrogens with one attached hydrogen (secondary N) is 2. The van der Waals surface area contributed by atoms with Gasteiger partial charge in [-0.15, -0.1) is 32.9 Å². The molecule has 2 unspecified atom stereocenters. The molecule has 300 valence electrons. The summed E-state index contributed by atoms with van der Waals surface area (Å²) in [6.07, 6.45) is -0.792. The molecule has 14 heteroatoms. The highest BCUT2D eigenvalue weighted by Gasteiger charge is 2.44. The largest absolute Gasteiger partial charge is 0.391 e. The van der Waals surface area contributed by atoms with Crippen LogP contribution in [-0.4, -0.2) is 77.9 Å². The van der Waals surface area contributed by atoms with Crippen LogP contribution in [0.25, 0.3) is 15.4 Å². The number of benzene rings is 2. The summed E-state index contributed by atoms with van der Waals surface area (Å²) in [5, 5.41) is 26.3. The fourth-order valence-electron chi connectivity index (χ4n) is 7.50. The number of aliphatic hydroxyl groups excluding tert-OH is 1. The topological polar surface area (TPSA) is 155 Å². The second kappa shape index (κ2) is 16.0. The van der Waals surface area contributed by atoms with Gasteiger partial charge < -0.3 is 20.6 Å². The number of likely N-dealkylation sites (tertiary alicyclic amines) is 1. The lowest BCUT2D eigenvalue weighted by atomic mass is 9.85. The lowest BCUT2D eigenvalue weighted by molar-refractivity contribution is -0.143. The second-order valence-corrected chi connectivity index (χ2v) is 18.2. The van der Waals surface area contributed by atoms with Crippen molar-refractivity contribution < 1.29 is 19.5 Å². The number of aliphatic imine (C=N–C) groups is 1. The average Bonchev–Trinajstić information content (AvgIpc) is 3.95. The van der Waals surface area contributed by atoms with Gasteiger partial charge in [-0.1, -0.05) is 63.1 Å². The molecule has 1 fully saturated rings. The van der Waals surface area contributed by atoms with Crippen molar-refractivity contribution in [3.63, 3.8) is 0 Å². The van der Waals surface area contributed by atoms with Crippen molar-refractivity contribution in [3.8, 4) is 27.3 Å². The summed E-state index contributed by atoms with van der Waals surface area (Å²) in [6.45, 7) is 17.5. The minimum absolute atomic E-state index is 0.0238. The van der Waals surface area contributed by atoms with Crippen LogP contribution in [-0.2, 0) is 14.4 Å². The number of fused-ring (bicyclic) bond motifs is 3. The third-order valence-electron chi connectivity index (χ3n) is 10.9. The molecule has 1 saturated heterocycles. The first-order chi connectivity index (χ1) is 27.5. The van der Waals surface area contributed by atoms with Crippen molar-refractivity contribution in [2.45, 2.75) is 99.0 Å². The number of carbonyl (C=O) groups is 3. The van der Waals surface area contributed by atoms with Gasteiger partial charge in [0.15, 0.2) is 5.82 Å². The van der Waals surface area contributed by atoms with E-state index in [1.165, 1.54) is 9.78 Å². The molecule has 2 aromatic carbocycles. The summed E-state index contributed by atoms with van der Waals surface area (Å²) in [4.78, 5) is 54.3. The van der Waals surface area contributed by atoms with E-state index < -0.39 is 35.4 Å². The van der Waals surface area contributed by atoms with Gasteiger partial charge in [-0.3, -0.25) is 23.9 Å². The van der Waals surface area contributed by atoms with Crippen LogP contribution in [0.4, 0.5) is 0 Å². The van der Waals surface area contributed by atoms with E-state index in [1.807, 2.05) is 103 Å². The van der Waals surface area contributed by atoms with Crippen molar-refractivity contribution in [1.29, 1.82) is 0 Å². The van der Waals surface area contributed by atoms with Crippen LogP contribution < -0.4 is 10.6 Å². The lowest BCUT2D eigenvalue weighted by Gasteiger charge is -2.35. The third kappa shape index (κ3) is 7.99. The fourth-order valence-corrected chi connectivity index (χ4v) is 9.53. The Balaban J connectivity index is 1.03. The number of hydrogen-bond acceptors (Lipinski definition) is 10. The Morgan fingerprint density at radius 2 is 1.66 bits per heavy atom. The number of amides is 3. The maximum absolute atomic E-state index is 14.2. The van der Waals surface area contributed by atoms with Gasteiger partial charge in [0.25, 0.3) is 5.91 Å². The minimum atomic E-state index is -1.01. The van der Waals surface area contributed by atoms with Crippen molar-refractivity contribution >= 4 is 46.1 Å². The highest BCUT2D eigenvalue weighted by Crippen LogP contribution is 2.38. The smallest absolute Gasteiger partial charge is 0.296 e. The normalized spacial score (nSPS) is 18.6. The molecule has 2 aliphatic heterocycles. The summed E-state index contributed by atoms with van der Waals surface area (Å²) in [5.41, 5.74) is 8.62. The van der Waals surface area contributed by atoms with Gasteiger partial charge in [-0.05, 0) is 75.8 Å². The molecule has 3 N–H and O–H groups in total. The van der Waals surface area contributed by atoms with E-state index in [0.717, 1.165) is 60.7 Å². The van der Waals surface area contributed by atoms with Gasteiger partial charge in [-0.2, -0.15) is 0 Å². The van der Waals surface area contributed by atoms with Crippen LogP contribution in [0.1, 0.15) is 103 Å². The number of carbonyl (C=O) groups excluding carboxylic acids is 3. The summed E-state index contributed by atoms with van der Waals surface area (Å²) < 4.78 is 2.10. The molecular weight excluding hydrogens is 769 g/mol. The molecule has 3 amide bonds. The molecule has 5 atom stereocenters. The maximum Gasteiger partial charge on any atom is 0.296 e. The Morgan fingerprint density at radius 3 is 2.31 bits per heavy atom. The third-order valence-corrected chi connectivity index (χ3v) is 13.0. The standard InChI is InChI=1S/C44H48N8O4S2/c1-23-27(5)58-43-36(23)37(46-26(4)40-50-49-28(6)52(40)43)31-13-10-29(11-14-31)12-19-35(54)48-39(44(7,8)9)42(56)51-21-33(53)20-34(51)41(55)47-24(2)30-15-17-32(18-16-30)38-25(3)45-22-57-38/h10-11,13-18,22,24,26,33-34,39,53H,20-21H2,1-9H3,(H,47,55)(H,48,54)/t24?,26-,33+,34-,39?/m0/s1. The average molecular weight is 817 g/mol. The molecule has 0 spiro atoms. The Morgan fingerprint density at radius 1 is 0.966 bits per heavy atom. The first kappa shape index (κ1) is 40.7. The molecular formula is C44H48N8O4S2. The highest BCUT2D eigenvalue weighted by atomic mass is 32.1. The van der Waals surface area contributed by atoms with E-state index in [-0.39, 0.29) is 31.0 Å². The summed E-state index contributed by atoms with van der Waals surface area (Å²) in [7, 11) is 0. The predicted octanol–water partition coefficient (Wildman–Crippen LogP) is 6.32. The maximum atomic E-state index is 14.2. The summed E-state index contributed by atoms with van der Waals surface area (Å²) in [6, 6.07) is 13.1. The number of β-amino-alcohol motifs (C(OH)–C–C–N with tert-alkyl or cyclic N) is 1. The van der Waals surface area contributed by atoms with Crippen LogP contribution in [0.2, 0.25) is 0 Å². The van der Waals surface area contributed by atoms with Gasteiger partial charge in [0.1, 0.15) is 29.0 Å². The number of thiazole rings is 1. The van der Waals surface area contributed by atoms with E-state index in [9.17, 15) is 19.5 Å². The first-order valence-corrected chi connectivity index (χ1v) is 21.0. The molecule has 7 rings (SSSR count). The highest BCUT2D eigenvalue weighted by molar-refractivity contribution is 7.15. The monoisotopic (exact) mass is 816 g/mol. The number of thiophene rings is 1. The van der Waals surface area contributed by atoms with Crippen LogP contribution in [0, 0.1) is 45.0 Å². The number of nitrogens with zero attached hydrogens (tertiary/aromatic N) is 6. The van der Waals surface area contributed by atoms with Gasteiger partial charge >= 0.3 is 0 Å². The quantitative estimate of drug-likeness (QED) is 0.163. The van der Waals surface area contributed by atoms with Crippen molar-refractivity contribution in [1.82, 2.24) is 35.3 Å². The van der Waals surface area contributed by atoms with E-state index in [1.54, 1.807) is 22.7 Å². The van der Waals surface area contributed by atoms with E-state index in [4.69, 9.17) is 4.99 Å². The minimum Gasteiger partial charge on any atom is -0.391 e. The molecule has 12 nitrogen and oxygen atoms in total. The summed E-state index contributed by atoms with van der Waals surface area (Å²) >= 11 is 3.28. The molecule has 0 radical (unpaired) electrons. The number of hydrogen-bond donors (Lipinski definition) is 3. The Bertz CT molecular complexity index is 2480. The van der Waals surface area contributed by atoms with Crippen molar-refractivity contribution in [2.75, 3.05) is 6.54 Å². The first-order valence-electron chi connectivity index (χ1n) is 19.3. The molecule has 5 aromatic rings. The Hall–Kier alpha value is -5.49. The van der Waals surface area contributed by atoms with E-state index in [2.05, 4.69) is 56.1 Å². The zero-order valence-corrected chi connectivity index (χ0v) is 35.8. The van der Waals surface area contributed by atoms with Gasteiger partial charge in [-0.25, -0.2) is 4.98 Å². The van der Waals surface area contributed by atoms with Crippen molar-refractivity contribution in [3.05, 3.63) is 104 Å². The summed E-state index contributed by atoms with van der Waals surface area (Å²) in [5.74, 6) is 5.76. The molecule has 0 saturated carbocycles. The molecule has 58 heavy (non-hydrogen) atoms. The van der Waals surface area contributed by atoms with Gasteiger partial charge in [0.2, 0.25) is 11.8 Å². The molecule has 3 aromatic heterocycles. The van der Waals surface area contributed by atoms with Crippen molar-refractivity contribution in [2.24, 2.45) is 10.4 Å². The fraction of sp³-hybridized carbons (Fsp3) is 0.386. The van der Waals surface area contributed by atoms with Crippen LogP contribution in [0.15, 0.2) is 59.0 Å². The zero-order chi connectivity index (χ0) is 41.6. The Kier molecular flexibility index (Phi) is 11.3. The number of aryl methyl sites for hydroxylation is 3. The number of aliphatic hydroxyl groups is 1. The zero-order valence-electron chi connectivity index (χ0n) is 34.2.